The molecule has 1 spiro atoms. The fourth-order valence-electron chi connectivity index (χ4n) is 4.28. The Morgan fingerprint density at radius 2 is 2.28 bits per heavy atom. The number of hydrogen-bond acceptors (Lipinski definition) is 3. The van der Waals surface area contributed by atoms with E-state index in [0.717, 1.165) is 17.5 Å². The van der Waals surface area contributed by atoms with E-state index in [1.54, 1.807) is 0 Å². The van der Waals surface area contributed by atoms with Gasteiger partial charge in [-0.3, -0.25) is 0 Å². The summed E-state index contributed by atoms with van der Waals surface area (Å²) in [6, 6.07) is 7.00. The van der Waals surface area contributed by atoms with E-state index in [-0.39, 0.29) is 5.41 Å². The number of nitrogen functional groups attached to an aromatic ring is 1. The topological polar surface area (TPSA) is 38.5 Å². The normalized spacial score (nSPS) is 37.8. The first-order valence-corrected chi connectivity index (χ1v) is 6.96. The summed E-state index contributed by atoms with van der Waals surface area (Å²) < 4.78 is 6.21. The lowest BCUT2D eigenvalue weighted by Gasteiger charge is -2.49. The van der Waals surface area contributed by atoms with E-state index in [0.29, 0.717) is 6.10 Å². The minimum Gasteiger partial charge on any atom is -0.487 e. The molecule has 2 aliphatic heterocycles. The standard InChI is InChI=1S/C15H20N2O/c1-17-8-7-15-9-10(17)5-6-13(15)18-14-11(15)3-2-4-12(14)16/h2-4,10,13H,5-9,16H2,1H3/t10-,13-,15+/m1/s1. The lowest BCUT2D eigenvalue weighted by atomic mass is 9.63. The molecule has 1 aliphatic carbocycles. The Hall–Kier alpha value is -1.22. The van der Waals surface area contributed by atoms with Gasteiger partial charge in [0.1, 0.15) is 11.9 Å². The zero-order valence-electron chi connectivity index (χ0n) is 10.9. The SMILES string of the molecule is CN1CC[C@@]23C[C@H]1CC[C@H]2Oc1c(N)cccc13. The third-order valence-electron chi connectivity index (χ3n) is 5.35. The van der Waals surface area contributed by atoms with Crippen LogP contribution in [0.4, 0.5) is 5.69 Å². The zero-order valence-corrected chi connectivity index (χ0v) is 10.9. The fourth-order valence-corrected chi connectivity index (χ4v) is 4.28. The number of nitrogens with two attached hydrogens (primary N) is 1. The maximum absolute atomic E-state index is 6.21. The molecule has 2 bridgehead atoms. The molecule has 2 fully saturated rings. The van der Waals surface area contributed by atoms with Crippen molar-refractivity contribution in [1.82, 2.24) is 4.90 Å². The van der Waals surface area contributed by atoms with Crippen LogP contribution in [0, 0.1) is 0 Å². The van der Waals surface area contributed by atoms with Gasteiger partial charge in [-0.2, -0.15) is 0 Å². The number of ether oxygens (including phenoxy) is 1. The number of fused-ring (bicyclic) bond motifs is 2. The molecule has 3 aliphatic rings. The second kappa shape index (κ2) is 3.41. The van der Waals surface area contributed by atoms with Gasteiger partial charge in [0.15, 0.2) is 0 Å². The summed E-state index contributed by atoms with van der Waals surface area (Å²) in [5.41, 5.74) is 8.53. The quantitative estimate of drug-likeness (QED) is 0.711. The molecule has 1 saturated carbocycles. The Kier molecular flexibility index (Phi) is 2.03. The van der Waals surface area contributed by atoms with Gasteiger partial charge in [0.25, 0.3) is 0 Å². The number of nitrogens with zero attached hydrogens (tertiary/aromatic N) is 1. The van der Waals surface area contributed by atoms with Crippen LogP contribution in [0.2, 0.25) is 0 Å². The smallest absolute Gasteiger partial charge is 0.146 e. The molecule has 0 unspecified atom stereocenters. The number of benzene rings is 1. The third-order valence-corrected chi connectivity index (χ3v) is 5.35. The maximum atomic E-state index is 6.21. The second-order valence-corrected chi connectivity index (χ2v) is 6.15. The third kappa shape index (κ3) is 1.18. The lowest BCUT2D eigenvalue weighted by molar-refractivity contribution is 0.00502. The summed E-state index contributed by atoms with van der Waals surface area (Å²) in [5, 5.41) is 0. The molecule has 1 aromatic rings. The van der Waals surface area contributed by atoms with Crippen LogP contribution in [0.1, 0.15) is 31.2 Å². The van der Waals surface area contributed by atoms with Gasteiger partial charge in [-0.1, -0.05) is 12.1 Å². The van der Waals surface area contributed by atoms with Crippen molar-refractivity contribution < 1.29 is 4.74 Å². The summed E-state index contributed by atoms with van der Waals surface area (Å²) >= 11 is 0. The molecule has 4 rings (SSSR count). The zero-order chi connectivity index (χ0) is 12.3. The van der Waals surface area contributed by atoms with Crippen LogP contribution >= 0.6 is 0 Å². The van der Waals surface area contributed by atoms with Crippen molar-refractivity contribution in [1.29, 1.82) is 0 Å². The number of likely N-dealkylation sites (tertiary alicyclic amines) is 1. The number of hydrogen-bond donors (Lipinski definition) is 1. The minimum atomic E-state index is 0.250. The summed E-state index contributed by atoms with van der Waals surface area (Å²) in [6.07, 6.45) is 5.24. The maximum Gasteiger partial charge on any atom is 0.146 e. The number of rotatable bonds is 0. The average molecular weight is 244 g/mol. The molecule has 3 nitrogen and oxygen atoms in total. The van der Waals surface area contributed by atoms with E-state index < -0.39 is 0 Å². The van der Waals surface area contributed by atoms with E-state index in [2.05, 4.69) is 24.1 Å². The van der Waals surface area contributed by atoms with Gasteiger partial charge in [0.2, 0.25) is 0 Å². The molecule has 18 heavy (non-hydrogen) atoms. The van der Waals surface area contributed by atoms with Crippen LogP contribution < -0.4 is 10.5 Å². The molecule has 2 heterocycles. The predicted octanol–water partition coefficient (Wildman–Crippen LogP) is 2.16. The van der Waals surface area contributed by atoms with Gasteiger partial charge in [-0.05, 0) is 45.3 Å². The summed E-state index contributed by atoms with van der Waals surface area (Å²) in [6.45, 7) is 1.18. The fraction of sp³-hybridized carbons (Fsp3) is 0.600. The Morgan fingerprint density at radius 3 is 3.17 bits per heavy atom. The molecule has 0 aromatic heterocycles. The molecule has 1 saturated heterocycles. The number of piperidine rings is 1. The van der Waals surface area contributed by atoms with Crippen LogP contribution in [0.25, 0.3) is 0 Å². The van der Waals surface area contributed by atoms with Gasteiger partial charge in [-0.25, -0.2) is 0 Å². The molecular weight excluding hydrogens is 224 g/mol. The largest absolute Gasteiger partial charge is 0.487 e. The highest BCUT2D eigenvalue weighted by Crippen LogP contribution is 2.56. The van der Waals surface area contributed by atoms with Gasteiger partial charge in [0.05, 0.1) is 5.69 Å². The number of anilines is 1. The van der Waals surface area contributed by atoms with Gasteiger partial charge in [-0.15, -0.1) is 0 Å². The van der Waals surface area contributed by atoms with Crippen molar-refractivity contribution in [2.75, 3.05) is 19.3 Å². The van der Waals surface area contributed by atoms with E-state index in [1.165, 1.54) is 37.8 Å². The van der Waals surface area contributed by atoms with Crippen molar-refractivity contribution in [2.45, 2.75) is 43.2 Å². The van der Waals surface area contributed by atoms with Gasteiger partial charge >= 0.3 is 0 Å². The van der Waals surface area contributed by atoms with Crippen LogP contribution in [0.15, 0.2) is 18.2 Å². The molecule has 3 atom stereocenters. The molecule has 96 valence electrons. The van der Waals surface area contributed by atoms with E-state index in [4.69, 9.17) is 10.5 Å². The Labute approximate surface area is 108 Å². The highest BCUT2D eigenvalue weighted by molar-refractivity contribution is 5.62. The highest BCUT2D eigenvalue weighted by atomic mass is 16.5. The van der Waals surface area contributed by atoms with Gasteiger partial charge in [0, 0.05) is 17.0 Å². The van der Waals surface area contributed by atoms with E-state index in [9.17, 15) is 0 Å². The Morgan fingerprint density at radius 1 is 1.39 bits per heavy atom. The monoisotopic (exact) mass is 244 g/mol. The summed E-state index contributed by atoms with van der Waals surface area (Å²) in [7, 11) is 2.26. The molecule has 3 heteroatoms. The van der Waals surface area contributed by atoms with Crippen LogP contribution in [-0.4, -0.2) is 30.6 Å². The van der Waals surface area contributed by atoms with E-state index in [1.807, 2.05) is 6.07 Å². The van der Waals surface area contributed by atoms with Crippen molar-refractivity contribution in [2.24, 2.45) is 0 Å². The lowest BCUT2D eigenvalue weighted by Crippen LogP contribution is -2.55. The van der Waals surface area contributed by atoms with E-state index >= 15 is 0 Å². The molecule has 2 N–H and O–H groups in total. The first-order valence-electron chi connectivity index (χ1n) is 6.96. The second-order valence-electron chi connectivity index (χ2n) is 6.15. The van der Waals surface area contributed by atoms with Crippen molar-refractivity contribution in [3.8, 4) is 5.75 Å². The minimum absolute atomic E-state index is 0.250. The first kappa shape index (κ1) is 10.7. The highest BCUT2D eigenvalue weighted by Gasteiger charge is 2.55. The van der Waals surface area contributed by atoms with Crippen LogP contribution in [0.5, 0.6) is 5.75 Å². The molecule has 0 amide bonds. The number of para-hydroxylation sites is 1. The average Bonchev–Trinajstić information content (AvgIpc) is 2.70. The molecular formula is C15H20N2O. The van der Waals surface area contributed by atoms with Crippen LogP contribution in [-0.2, 0) is 5.41 Å². The van der Waals surface area contributed by atoms with Crippen LogP contribution in [0.3, 0.4) is 0 Å². The van der Waals surface area contributed by atoms with Crippen molar-refractivity contribution >= 4 is 5.69 Å². The molecule has 1 aromatic carbocycles. The predicted molar refractivity (Wildman–Crippen MR) is 71.8 cm³/mol. The summed E-state index contributed by atoms with van der Waals surface area (Å²) in [5.74, 6) is 0.979. The van der Waals surface area contributed by atoms with Gasteiger partial charge < -0.3 is 15.4 Å². The Balaban J connectivity index is 1.84. The van der Waals surface area contributed by atoms with Crippen molar-refractivity contribution in [3.63, 3.8) is 0 Å². The molecule has 0 radical (unpaired) electrons. The summed E-state index contributed by atoms with van der Waals surface area (Å²) in [4.78, 5) is 2.52. The van der Waals surface area contributed by atoms with Crippen molar-refractivity contribution in [3.05, 3.63) is 23.8 Å². The Bertz CT molecular complexity index is 501. The first-order chi connectivity index (χ1) is 8.71.